The topological polar surface area (TPSA) is 58.6 Å². The molecule has 1 atom stereocenters. The number of likely N-dealkylation sites (N-methyl/N-ethyl adjacent to an activating group) is 1. The van der Waals surface area contributed by atoms with Gasteiger partial charge in [0, 0.05) is 29.2 Å². The average Bonchev–Trinajstić information content (AvgIpc) is 2.73. The second-order valence-corrected chi connectivity index (χ2v) is 7.36. The van der Waals surface area contributed by atoms with Gasteiger partial charge in [0.05, 0.1) is 0 Å². The number of carbonyl (C=O) groups excluding carboxylic acids is 2. The molecule has 2 aromatic carbocycles. The zero-order valence-electron chi connectivity index (χ0n) is 16.9. The van der Waals surface area contributed by atoms with Crippen LogP contribution in [0.4, 0.5) is 0 Å². The Bertz CT molecular complexity index is 820. The van der Waals surface area contributed by atoms with Crippen LogP contribution in [0.3, 0.4) is 0 Å². The summed E-state index contributed by atoms with van der Waals surface area (Å²) in [5, 5.41) is 3.50. The number of nitrogens with zero attached hydrogens (tertiary/aromatic N) is 1. The van der Waals surface area contributed by atoms with Gasteiger partial charge in [-0.15, -0.1) is 0 Å². The molecule has 2 aromatic rings. The van der Waals surface area contributed by atoms with Gasteiger partial charge in [0.25, 0.3) is 5.91 Å². The molecule has 29 heavy (non-hydrogen) atoms. The van der Waals surface area contributed by atoms with Crippen molar-refractivity contribution in [3.63, 3.8) is 0 Å². The molecular weight excluding hydrogens is 411 g/mol. The summed E-state index contributed by atoms with van der Waals surface area (Å²) in [5.41, 5.74) is 1.78. The third-order valence-electron chi connectivity index (χ3n) is 4.72. The van der Waals surface area contributed by atoms with Gasteiger partial charge in [-0.3, -0.25) is 9.59 Å². The lowest BCUT2D eigenvalue weighted by atomic mass is 10.1. The third-order valence-corrected chi connectivity index (χ3v) is 5.42. The second-order valence-electron chi connectivity index (χ2n) is 6.55. The molecule has 2 rings (SSSR count). The SMILES string of the molecule is CCc1ccc(OCC(=O)N(Cc2c(Cl)cccc2Cl)C(CC)C(=O)NC)cc1. The lowest BCUT2D eigenvalue weighted by Gasteiger charge is -2.30. The minimum absolute atomic E-state index is 0.112. The largest absolute Gasteiger partial charge is 0.484 e. The Balaban J connectivity index is 2.22. The molecule has 0 aliphatic carbocycles. The molecule has 156 valence electrons. The highest BCUT2D eigenvalue weighted by atomic mass is 35.5. The van der Waals surface area contributed by atoms with E-state index < -0.39 is 6.04 Å². The first-order valence-electron chi connectivity index (χ1n) is 9.56. The van der Waals surface area contributed by atoms with Gasteiger partial charge in [0.15, 0.2) is 6.61 Å². The maximum atomic E-state index is 13.0. The molecule has 2 amide bonds. The minimum atomic E-state index is -0.661. The van der Waals surface area contributed by atoms with E-state index in [2.05, 4.69) is 12.2 Å². The maximum Gasteiger partial charge on any atom is 0.261 e. The van der Waals surface area contributed by atoms with Crippen molar-refractivity contribution < 1.29 is 14.3 Å². The molecule has 1 unspecified atom stereocenters. The zero-order valence-corrected chi connectivity index (χ0v) is 18.4. The van der Waals surface area contributed by atoms with E-state index in [-0.39, 0.29) is 25.0 Å². The Kier molecular flexibility index (Phi) is 8.80. The van der Waals surface area contributed by atoms with Crippen molar-refractivity contribution in [2.24, 2.45) is 0 Å². The van der Waals surface area contributed by atoms with E-state index in [4.69, 9.17) is 27.9 Å². The van der Waals surface area contributed by atoms with Gasteiger partial charge in [-0.2, -0.15) is 0 Å². The van der Waals surface area contributed by atoms with Crippen LogP contribution in [0.5, 0.6) is 5.75 Å². The van der Waals surface area contributed by atoms with E-state index in [9.17, 15) is 9.59 Å². The summed E-state index contributed by atoms with van der Waals surface area (Å²) < 4.78 is 5.67. The van der Waals surface area contributed by atoms with Gasteiger partial charge in [0.1, 0.15) is 11.8 Å². The Morgan fingerprint density at radius 3 is 2.21 bits per heavy atom. The monoisotopic (exact) mass is 436 g/mol. The molecule has 0 aliphatic rings. The number of carbonyl (C=O) groups is 2. The maximum absolute atomic E-state index is 13.0. The van der Waals surface area contributed by atoms with Crippen LogP contribution in [0, 0.1) is 0 Å². The molecule has 0 heterocycles. The first-order chi connectivity index (χ1) is 13.9. The Labute approximate surface area is 181 Å². The number of halogens is 2. The first kappa shape index (κ1) is 23.0. The van der Waals surface area contributed by atoms with E-state index in [0.717, 1.165) is 6.42 Å². The van der Waals surface area contributed by atoms with Gasteiger partial charge in [-0.05, 0) is 42.7 Å². The summed E-state index contributed by atoms with van der Waals surface area (Å²) in [4.78, 5) is 26.9. The van der Waals surface area contributed by atoms with Crippen LogP contribution in [0.1, 0.15) is 31.4 Å². The number of hydrogen-bond acceptors (Lipinski definition) is 3. The molecule has 0 aliphatic heterocycles. The molecular formula is C22H26Cl2N2O3. The Morgan fingerprint density at radius 1 is 1.07 bits per heavy atom. The van der Waals surface area contributed by atoms with Crippen LogP contribution in [0.2, 0.25) is 10.0 Å². The number of nitrogens with one attached hydrogen (secondary N) is 1. The van der Waals surface area contributed by atoms with Crippen molar-refractivity contribution in [3.05, 3.63) is 63.6 Å². The van der Waals surface area contributed by atoms with Gasteiger partial charge >= 0.3 is 0 Å². The van der Waals surface area contributed by atoms with Crippen molar-refractivity contribution in [1.82, 2.24) is 10.2 Å². The average molecular weight is 437 g/mol. The van der Waals surface area contributed by atoms with E-state index in [1.165, 1.54) is 10.5 Å². The molecule has 0 radical (unpaired) electrons. The lowest BCUT2D eigenvalue weighted by Crippen LogP contribution is -2.49. The predicted molar refractivity (Wildman–Crippen MR) is 116 cm³/mol. The number of amides is 2. The molecule has 0 aromatic heterocycles. The second kappa shape index (κ2) is 11.1. The zero-order chi connectivity index (χ0) is 21.4. The molecule has 0 bridgehead atoms. The number of benzene rings is 2. The summed E-state index contributed by atoms with van der Waals surface area (Å²) in [7, 11) is 1.54. The molecule has 0 saturated heterocycles. The number of rotatable bonds is 9. The number of ether oxygens (including phenoxy) is 1. The molecule has 0 spiro atoms. The minimum Gasteiger partial charge on any atom is -0.484 e. The smallest absolute Gasteiger partial charge is 0.261 e. The summed E-state index contributed by atoms with van der Waals surface area (Å²) in [5.74, 6) is 0.0200. The van der Waals surface area contributed by atoms with Gasteiger partial charge < -0.3 is 15.0 Å². The highest BCUT2D eigenvalue weighted by Crippen LogP contribution is 2.27. The predicted octanol–water partition coefficient (Wildman–Crippen LogP) is 4.49. The van der Waals surface area contributed by atoms with Gasteiger partial charge in [-0.25, -0.2) is 0 Å². The van der Waals surface area contributed by atoms with Crippen LogP contribution >= 0.6 is 23.2 Å². The van der Waals surface area contributed by atoms with Crippen LogP contribution in [0.15, 0.2) is 42.5 Å². The highest BCUT2D eigenvalue weighted by molar-refractivity contribution is 6.36. The Hall–Kier alpha value is -2.24. The number of hydrogen-bond donors (Lipinski definition) is 1. The fraction of sp³-hybridized carbons (Fsp3) is 0.364. The summed E-state index contributed by atoms with van der Waals surface area (Å²) >= 11 is 12.6. The first-order valence-corrected chi connectivity index (χ1v) is 10.3. The standard InChI is InChI=1S/C22H26Cl2N2O3/c1-4-15-9-11-16(12-10-15)29-14-21(27)26(20(5-2)22(28)25-3)13-17-18(23)7-6-8-19(17)24/h6-12,20H,4-5,13-14H2,1-3H3,(H,25,28). The molecule has 0 fully saturated rings. The van der Waals surface area contributed by atoms with Crippen molar-refractivity contribution in [2.75, 3.05) is 13.7 Å². The van der Waals surface area contributed by atoms with Crippen LogP contribution in [-0.4, -0.2) is 36.4 Å². The van der Waals surface area contributed by atoms with E-state index >= 15 is 0 Å². The van der Waals surface area contributed by atoms with Crippen LogP contribution < -0.4 is 10.1 Å². The third kappa shape index (κ3) is 6.12. The summed E-state index contributed by atoms with van der Waals surface area (Å²) in [6, 6.07) is 12.1. The van der Waals surface area contributed by atoms with Crippen LogP contribution in [-0.2, 0) is 22.6 Å². The fourth-order valence-electron chi connectivity index (χ4n) is 2.99. The molecule has 1 N–H and O–H groups in total. The fourth-order valence-corrected chi connectivity index (χ4v) is 3.51. The normalized spacial score (nSPS) is 11.6. The van der Waals surface area contributed by atoms with Crippen molar-refractivity contribution in [1.29, 1.82) is 0 Å². The van der Waals surface area contributed by atoms with E-state index in [1.807, 2.05) is 31.2 Å². The Morgan fingerprint density at radius 2 is 1.69 bits per heavy atom. The van der Waals surface area contributed by atoms with Crippen LogP contribution in [0.25, 0.3) is 0 Å². The van der Waals surface area contributed by atoms with Crippen molar-refractivity contribution in [3.8, 4) is 5.75 Å². The summed E-state index contributed by atoms with van der Waals surface area (Å²) in [6.45, 7) is 3.84. The van der Waals surface area contributed by atoms with Crippen molar-refractivity contribution in [2.45, 2.75) is 39.3 Å². The van der Waals surface area contributed by atoms with Gasteiger partial charge in [0.2, 0.25) is 5.91 Å². The number of aryl methyl sites for hydroxylation is 1. The molecule has 5 nitrogen and oxygen atoms in total. The summed E-state index contributed by atoms with van der Waals surface area (Å²) in [6.07, 6.45) is 1.37. The molecule has 0 saturated carbocycles. The van der Waals surface area contributed by atoms with Gasteiger partial charge in [-0.1, -0.05) is 55.2 Å². The van der Waals surface area contributed by atoms with E-state index in [1.54, 1.807) is 25.2 Å². The van der Waals surface area contributed by atoms with E-state index in [0.29, 0.717) is 27.8 Å². The highest BCUT2D eigenvalue weighted by Gasteiger charge is 2.29. The molecule has 7 heteroatoms. The van der Waals surface area contributed by atoms with Crippen molar-refractivity contribution >= 4 is 35.0 Å². The lowest BCUT2D eigenvalue weighted by molar-refractivity contribution is -0.142. The quantitative estimate of drug-likeness (QED) is 0.629.